The summed E-state index contributed by atoms with van der Waals surface area (Å²) in [5.41, 5.74) is 1.11. The highest BCUT2D eigenvalue weighted by Gasteiger charge is 2.21. The van der Waals surface area contributed by atoms with E-state index in [0.29, 0.717) is 13.2 Å². The van der Waals surface area contributed by atoms with Crippen LogP contribution >= 0.6 is 0 Å². The predicted molar refractivity (Wildman–Crippen MR) is 65.5 cm³/mol. The number of aliphatic hydroxyl groups is 1. The van der Waals surface area contributed by atoms with Gasteiger partial charge < -0.3 is 19.9 Å². The van der Waals surface area contributed by atoms with Gasteiger partial charge in [-0.15, -0.1) is 0 Å². The van der Waals surface area contributed by atoms with Gasteiger partial charge in [-0.05, 0) is 25.1 Å². The van der Waals surface area contributed by atoms with Gasteiger partial charge >= 0.3 is 0 Å². The van der Waals surface area contributed by atoms with Crippen LogP contribution in [0.4, 0.5) is 0 Å². The second-order valence-electron chi connectivity index (χ2n) is 4.35. The van der Waals surface area contributed by atoms with Crippen molar-refractivity contribution in [2.75, 3.05) is 20.3 Å². The van der Waals surface area contributed by atoms with Crippen molar-refractivity contribution in [2.45, 2.75) is 25.5 Å². The third-order valence-electron chi connectivity index (χ3n) is 2.92. The molecule has 94 valence electrons. The molecule has 0 bridgehead atoms. The summed E-state index contributed by atoms with van der Waals surface area (Å²) < 4.78 is 10.8. The topological polar surface area (TPSA) is 50.7 Å². The lowest BCUT2D eigenvalue weighted by atomic mass is 10.00. The van der Waals surface area contributed by atoms with Crippen LogP contribution in [0.2, 0.25) is 0 Å². The number of hydrogen-bond donors (Lipinski definition) is 2. The Balaban J connectivity index is 2.16. The van der Waals surface area contributed by atoms with Crippen LogP contribution in [-0.2, 0) is 0 Å². The third kappa shape index (κ3) is 2.90. The van der Waals surface area contributed by atoms with Crippen LogP contribution in [0.5, 0.6) is 11.5 Å². The number of ether oxygens (including phenoxy) is 2. The summed E-state index contributed by atoms with van der Waals surface area (Å²) >= 11 is 0. The molecular weight excluding hydrogens is 218 g/mol. The number of fused-ring (bicyclic) bond motifs is 1. The third-order valence-corrected chi connectivity index (χ3v) is 2.92. The molecule has 1 heterocycles. The zero-order valence-corrected chi connectivity index (χ0v) is 10.3. The summed E-state index contributed by atoms with van der Waals surface area (Å²) in [7, 11) is 1.66. The molecule has 4 heteroatoms. The largest absolute Gasteiger partial charge is 0.497 e. The summed E-state index contributed by atoms with van der Waals surface area (Å²) in [6, 6.07) is 6.05. The summed E-state index contributed by atoms with van der Waals surface area (Å²) in [5.74, 6) is 1.73. The molecule has 0 aromatic heterocycles. The first kappa shape index (κ1) is 12.2. The van der Waals surface area contributed by atoms with E-state index in [1.807, 2.05) is 18.2 Å². The van der Waals surface area contributed by atoms with Crippen molar-refractivity contribution in [3.8, 4) is 11.5 Å². The Morgan fingerprint density at radius 3 is 3.12 bits per heavy atom. The molecule has 0 amide bonds. The molecule has 1 aromatic rings. The predicted octanol–water partition coefficient (Wildman–Crippen LogP) is 1.49. The molecule has 0 spiro atoms. The number of aliphatic hydroxyl groups excluding tert-OH is 1. The van der Waals surface area contributed by atoms with E-state index < -0.39 is 0 Å². The van der Waals surface area contributed by atoms with Gasteiger partial charge in [-0.2, -0.15) is 0 Å². The van der Waals surface area contributed by atoms with E-state index in [0.717, 1.165) is 23.5 Å². The highest BCUT2D eigenvalue weighted by molar-refractivity contribution is 5.43. The number of methoxy groups -OCH3 is 1. The summed E-state index contributed by atoms with van der Waals surface area (Å²) in [6.07, 6.45) is 0.569. The van der Waals surface area contributed by atoms with Crippen LogP contribution in [0.3, 0.4) is 0 Å². The fraction of sp³-hybridized carbons (Fsp3) is 0.538. The van der Waals surface area contributed by atoms with Gasteiger partial charge in [-0.1, -0.05) is 0 Å². The minimum absolute atomic E-state index is 0.225. The first-order chi connectivity index (χ1) is 8.20. The molecule has 17 heavy (non-hydrogen) atoms. The maximum Gasteiger partial charge on any atom is 0.124 e. The van der Waals surface area contributed by atoms with Gasteiger partial charge in [0.15, 0.2) is 0 Å². The molecule has 1 aromatic carbocycles. The lowest BCUT2D eigenvalue weighted by molar-refractivity contribution is 0.177. The molecule has 2 rings (SSSR count). The zero-order chi connectivity index (χ0) is 12.3. The minimum atomic E-state index is -0.341. The SMILES string of the molecule is COc1ccc2c(c1)C(NCC(C)O)CCO2. The Kier molecular flexibility index (Phi) is 3.86. The van der Waals surface area contributed by atoms with Crippen molar-refractivity contribution in [1.29, 1.82) is 0 Å². The molecule has 0 fully saturated rings. The van der Waals surface area contributed by atoms with E-state index in [4.69, 9.17) is 9.47 Å². The Labute approximate surface area is 102 Å². The van der Waals surface area contributed by atoms with E-state index in [1.54, 1.807) is 14.0 Å². The van der Waals surface area contributed by atoms with Gasteiger partial charge in [-0.3, -0.25) is 0 Å². The monoisotopic (exact) mass is 237 g/mol. The van der Waals surface area contributed by atoms with Gasteiger partial charge in [0.25, 0.3) is 0 Å². The van der Waals surface area contributed by atoms with Crippen LogP contribution in [-0.4, -0.2) is 31.5 Å². The van der Waals surface area contributed by atoms with Gasteiger partial charge in [0.05, 0.1) is 19.8 Å². The highest BCUT2D eigenvalue weighted by Crippen LogP contribution is 2.34. The average molecular weight is 237 g/mol. The summed E-state index contributed by atoms with van der Waals surface area (Å²) in [6.45, 7) is 3.07. The Morgan fingerprint density at radius 1 is 1.59 bits per heavy atom. The molecule has 0 aliphatic carbocycles. The Bertz CT molecular complexity index is 379. The first-order valence-electron chi connectivity index (χ1n) is 5.93. The van der Waals surface area contributed by atoms with Gasteiger partial charge in [0.2, 0.25) is 0 Å². The number of benzene rings is 1. The Morgan fingerprint density at radius 2 is 2.41 bits per heavy atom. The van der Waals surface area contributed by atoms with Crippen LogP contribution in [0.25, 0.3) is 0 Å². The van der Waals surface area contributed by atoms with E-state index in [-0.39, 0.29) is 12.1 Å². The second-order valence-corrected chi connectivity index (χ2v) is 4.35. The van der Waals surface area contributed by atoms with Crippen molar-refractivity contribution in [1.82, 2.24) is 5.32 Å². The fourth-order valence-corrected chi connectivity index (χ4v) is 2.02. The van der Waals surface area contributed by atoms with Crippen LogP contribution in [0.15, 0.2) is 18.2 Å². The normalized spacial score (nSPS) is 20.3. The molecular formula is C13H19NO3. The summed E-state index contributed by atoms with van der Waals surface area (Å²) in [5, 5.41) is 12.7. The molecule has 2 unspecified atom stereocenters. The smallest absolute Gasteiger partial charge is 0.124 e. The molecule has 2 N–H and O–H groups in total. The molecule has 4 nitrogen and oxygen atoms in total. The lowest BCUT2D eigenvalue weighted by Gasteiger charge is -2.27. The zero-order valence-electron chi connectivity index (χ0n) is 10.3. The van der Waals surface area contributed by atoms with Crippen molar-refractivity contribution in [3.05, 3.63) is 23.8 Å². The molecule has 1 aliphatic heterocycles. The maximum absolute atomic E-state index is 9.31. The number of hydrogen-bond acceptors (Lipinski definition) is 4. The average Bonchev–Trinajstić information content (AvgIpc) is 2.35. The molecule has 0 saturated carbocycles. The van der Waals surface area contributed by atoms with Gasteiger partial charge in [0, 0.05) is 24.6 Å². The molecule has 1 aliphatic rings. The van der Waals surface area contributed by atoms with Crippen LogP contribution in [0, 0.1) is 0 Å². The second kappa shape index (κ2) is 5.38. The quantitative estimate of drug-likeness (QED) is 0.833. The highest BCUT2D eigenvalue weighted by atomic mass is 16.5. The molecule has 2 atom stereocenters. The fourth-order valence-electron chi connectivity index (χ4n) is 2.02. The Hall–Kier alpha value is -1.26. The molecule has 0 radical (unpaired) electrons. The first-order valence-corrected chi connectivity index (χ1v) is 5.93. The van der Waals surface area contributed by atoms with E-state index in [9.17, 15) is 5.11 Å². The minimum Gasteiger partial charge on any atom is -0.497 e. The van der Waals surface area contributed by atoms with Crippen LogP contribution < -0.4 is 14.8 Å². The van der Waals surface area contributed by atoms with Crippen molar-refractivity contribution in [3.63, 3.8) is 0 Å². The van der Waals surface area contributed by atoms with Crippen molar-refractivity contribution in [2.24, 2.45) is 0 Å². The summed E-state index contributed by atoms with van der Waals surface area (Å²) in [4.78, 5) is 0. The molecule has 0 saturated heterocycles. The number of rotatable bonds is 4. The lowest BCUT2D eigenvalue weighted by Crippen LogP contribution is -2.32. The van der Waals surface area contributed by atoms with Gasteiger partial charge in [-0.25, -0.2) is 0 Å². The van der Waals surface area contributed by atoms with E-state index in [1.165, 1.54) is 0 Å². The van der Waals surface area contributed by atoms with Crippen molar-refractivity contribution >= 4 is 0 Å². The van der Waals surface area contributed by atoms with Crippen molar-refractivity contribution < 1.29 is 14.6 Å². The maximum atomic E-state index is 9.31. The number of nitrogens with one attached hydrogen (secondary N) is 1. The standard InChI is InChI=1S/C13H19NO3/c1-9(15)8-14-12-5-6-17-13-4-3-10(16-2)7-11(12)13/h3-4,7,9,12,14-15H,5-6,8H2,1-2H3. The van der Waals surface area contributed by atoms with E-state index >= 15 is 0 Å². The van der Waals surface area contributed by atoms with Gasteiger partial charge in [0.1, 0.15) is 11.5 Å². The van der Waals surface area contributed by atoms with Crippen LogP contribution in [0.1, 0.15) is 24.9 Å². The van der Waals surface area contributed by atoms with E-state index in [2.05, 4.69) is 5.32 Å².